The topological polar surface area (TPSA) is 93.1 Å². The van der Waals surface area contributed by atoms with Gasteiger partial charge in [-0.1, -0.05) is 134 Å². The summed E-state index contributed by atoms with van der Waals surface area (Å²) in [6, 6.07) is 8.02. The predicted molar refractivity (Wildman–Crippen MR) is 197 cm³/mol. The number of aromatic hydroxyl groups is 2. The minimum Gasteiger partial charge on any atom is -0.507 e. The van der Waals surface area contributed by atoms with Crippen molar-refractivity contribution in [2.75, 3.05) is 0 Å². The van der Waals surface area contributed by atoms with Gasteiger partial charge in [-0.05, 0) is 80.7 Å². The van der Waals surface area contributed by atoms with E-state index in [9.17, 15) is 19.8 Å². The predicted octanol–water partition coefficient (Wildman–Crippen LogP) is 10.3. The molecule has 0 saturated carbocycles. The van der Waals surface area contributed by atoms with E-state index in [-0.39, 0.29) is 46.4 Å². The molecule has 0 aliphatic heterocycles. The van der Waals surface area contributed by atoms with Gasteiger partial charge in [-0.25, -0.2) is 0 Å². The smallest absolute Gasteiger partial charge is 0.306 e. The Morgan fingerprint density at radius 1 is 0.542 bits per heavy atom. The van der Waals surface area contributed by atoms with E-state index in [0.29, 0.717) is 37.2 Å². The Hall–Kier alpha value is -3.02. The van der Waals surface area contributed by atoms with Crippen LogP contribution in [-0.4, -0.2) is 34.4 Å². The number of carbonyl (C=O) groups is 2. The molecule has 2 aromatic carbocycles. The molecular weight excluding hydrogens is 600 g/mol. The van der Waals surface area contributed by atoms with E-state index in [1.807, 2.05) is 38.1 Å². The van der Waals surface area contributed by atoms with E-state index in [1.165, 1.54) is 0 Å². The van der Waals surface area contributed by atoms with Crippen molar-refractivity contribution in [3.05, 3.63) is 57.6 Å². The number of hydrogen-bond donors (Lipinski definition) is 2. The number of esters is 2. The van der Waals surface area contributed by atoms with Crippen LogP contribution in [0.15, 0.2) is 24.3 Å². The Morgan fingerprint density at radius 2 is 0.792 bits per heavy atom. The fraction of sp³-hybridized carbons (Fsp3) is 0.667. The first kappa shape index (κ1) is 41.2. The summed E-state index contributed by atoms with van der Waals surface area (Å²) in [5.74, 6) is 0.00938. The van der Waals surface area contributed by atoms with Gasteiger partial charge in [-0.3, -0.25) is 9.59 Å². The monoisotopic (exact) mass is 666 g/mol. The SMILES string of the molecule is CCCC(OC(=O)CCc1cc(C(C)(C)C)c(O)c(C(C)(C)C)c1)C(CCC)OC(=O)CCc1cc(C(C)(C)C)c(O)c(C(C)(C)C)c1. The van der Waals surface area contributed by atoms with Crippen molar-refractivity contribution < 1.29 is 29.3 Å². The van der Waals surface area contributed by atoms with Gasteiger partial charge in [0.2, 0.25) is 0 Å². The average molecular weight is 667 g/mol. The van der Waals surface area contributed by atoms with E-state index in [1.54, 1.807) is 0 Å². The van der Waals surface area contributed by atoms with Gasteiger partial charge in [-0.15, -0.1) is 0 Å². The largest absolute Gasteiger partial charge is 0.507 e. The number of phenolic OH excluding ortho intramolecular Hbond substituents is 2. The zero-order valence-electron chi connectivity index (χ0n) is 32.6. The molecule has 0 heterocycles. The van der Waals surface area contributed by atoms with Crippen molar-refractivity contribution in [3.8, 4) is 11.5 Å². The number of aryl methyl sites for hydroxylation is 2. The number of benzene rings is 2. The van der Waals surface area contributed by atoms with Gasteiger partial charge >= 0.3 is 11.9 Å². The van der Waals surface area contributed by atoms with Crippen LogP contribution in [-0.2, 0) is 53.6 Å². The minimum atomic E-state index is -0.518. The van der Waals surface area contributed by atoms with Crippen LogP contribution in [0, 0.1) is 0 Å². The highest BCUT2D eigenvalue weighted by Crippen LogP contribution is 2.41. The lowest BCUT2D eigenvalue weighted by Gasteiger charge is -2.29. The van der Waals surface area contributed by atoms with Crippen molar-refractivity contribution in [2.45, 2.75) is 182 Å². The Kier molecular flexibility index (Phi) is 13.8. The maximum absolute atomic E-state index is 13.3. The lowest BCUT2D eigenvalue weighted by Crippen LogP contribution is -2.35. The van der Waals surface area contributed by atoms with Crippen molar-refractivity contribution in [2.24, 2.45) is 0 Å². The molecule has 6 heteroatoms. The molecule has 0 aliphatic carbocycles. The first-order valence-electron chi connectivity index (χ1n) is 18.0. The minimum absolute atomic E-state index is 0.192. The van der Waals surface area contributed by atoms with Crippen molar-refractivity contribution >= 4 is 11.9 Å². The van der Waals surface area contributed by atoms with E-state index in [0.717, 1.165) is 46.2 Å². The summed E-state index contributed by atoms with van der Waals surface area (Å²) in [5.41, 5.74) is 4.44. The summed E-state index contributed by atoms with van der Waals surface area (Å²) in [4.78, 5) is 26.5. The Morgan fingerprint density at radius 3 is 1.00 bits per heavy atom. The summed E-state index contributed by atoms with van der Waals surface area (Å²) < 4.78 is 12.1. The van der Waals surface area contributed by atoms with E-state index >= 15 is 0 Å². The van der Waals surface area contributed by atoms with Crippen LogP contribution in [0.25, 0.3) is 0 Å². The van der Waals surface area contributed by atoms with Crippen molar-refractivity contribution in [1.29, 1.82) is 0 Å². The molecule has 0 radical (unpaired) electrons. The Labute approximate surface area is 292 Å². The lowest BCUT2D eigenvalue weighted by atomic mass is 9.78. The van der Waals surface area contributed by atoms with Gasteiger partial charge < -0.3 is 19.7 Å². The summed E-state index contributed by atoms with van der Waals surface area (Å²) in [5, 5.41) is 22.2. The van der Waals surface area contributed by atoms with Crippen molar-refractivity contribution in [1.82, 2.24) is 0 Å². The molecule has 270 valence electrons. The summed E-state index contributed by atoms with van der Waals surface area (Å²) in [6.45, 7) is 29.0. The molecule has 0 aromatic heterocycles. The number of hydrogen-bond acceptors (Lipinski definition) is 6. The maximum atomic E-state index is 13.3. The second kappa shape index (κ2) is 16.1. The van der Waals surface area contributed by atoms with Crippen LogP contribution in [0.4, 0.5) is 0 Å². The fourth-order valence-corrected chi connectivity index (χ4v) is 6.12. The van der Waals surface area contributed by atoms with Gasteiger partial charge in [0.1, 0.15) is 23.7 Å². The van der Waals surface area contributed by atoms with E-state index < -0.39 is 12.2 Å². The standard InChI is InChI=1S/C42H66O6/c1-15-17-33(47-35(43)21-19-27-23-29(39(3,4)5)37(45)30(24-27)40(6,7)8)34(18-16-2)48-36(44)22-20-28-25-31(41(9,10)11)38(46)32(26-28)42(12,13)14/h23-26,33-34,45-46H,15-22H2,1-14H3. The first-order valence-corrected chi connectivity index (χ1v) is 18.0. The van der Waals surface area contributed by atoms with Crippen LogP contribution in [0.2, 0.25) is 0 Å². The average Bonchev–Trinajstić information content (AvgIpc) is 2.93. The molecule has 6 nitrogen and oxygen atoms in total. The first-order chi connectivity index (χ1) is 21.9. The highest BCUT2D eigenvalue weighted by Gasteiger charge is 2.30. The molecule has 0 amide bonds. The third-order valence-electron chi connectivity index (χ3n) is 8.93. The van der Waals surface area contributed by atoms with Gasteiger partial charge in [0.15, 0.2) is 0 Å². The molecule has 0 spiro atoms. The Bertz CT molecular complexity index is 1210. The normalized spacial score (nSPS) is 14.0. The van der Waals surface area contributed by atoms with Crippen LogP contribution >= 0.6 is 0 Å². The molecule has 0 saturated heterocycles. The number of carbonyl (C=O) groups excluding carboxylic acids is 2. The number of phenols is 2. The Balaban J connectivity index is 2.20. The van der Waals surface area contributed by atoms with Crippen LogP contribution in [0.5, 0.6) is 11.5 Å². The molecule has 2 aromatic rings. The lowest BCUT2D eigenvalue weighted by molar-refractivity contribution is -0.169. The zero-order chi connectivity index (χ0) is 36.8. The molecule has 2 N–H and O–H groups in total. The van der Waals surface area contributed by atoms with Crippen molar-refractivity contribution in [3.63, 3.8) is 0 Å². The molecule has 2 atom stereocenters. The van der Waals surface area contributed by atoms with E-state index in [4.69, 9.17) is 9.47 Å². The molecule has 2 unspecified atom stereocenters. The highest BCUT2D eigenvalue weighted by molar-refractivity contribution is 5.71. The third-order valence-corrected chi connectivity index (χ3v) is 8.93. The third kappa shape index (κ3) is 11.6. The summed E-state index contributed by atoms with van der Waals surface area (Å²) >= 11 is 0. The van der Waals surface area contributed by atoms with E-state index in [2.05, 4.69) is 83.1 Å². The second-order valence-corrected chi connectivity index (χ2v) is 17.7. The fourth-order valence-electron chi connectivity index (χ4n) is 6.12. The summed E-state index contributed by atoms with van der Waals surface area (Å²) in [7, 11) is 0. The number of ether oxygens (including phenoxy) is 2. The molecule has 2 rings (SSSR count). The van der Waals surface area contributed by atoms with Crippen LogP contribution in [0.1, 0.15) is 169 Å². The van der Waals surface area contributed by atoms with Gasteiger partial charge in [0, 0.05) is 12.8 Å². The maximum Gasteiger partial charge on any atom is 0.306 e. The molecule has 0 aliphatic rings. The summed E-state index contributed by atoms with van der Waals surface area (Å²) in [6.07, 6.45) is 3.11. The quantitative estimate of drug-likeness (QED) is 0.207. The zero-order valence-corrected chi connectivity index (χ0v) is 32.6. The number of rotatable bonds is 13. The second-order valence-electron chi connectivity index (χ2n) is 17.7. The van der Waals surface area contributed by atoms with Gasteiger partial charge in [0.25, 0.3) is 0 Å². The molecule has 48 heavy (non-hydrogen) atoms. The molecular formula is C42H66O6. The highest BCUT2D eigenvalue weighted by atomic mass is 16.6. The van der Waals surface area contributed by atoms with Gasteiger partial charge in [-0.2, -0.15) is 0 Å². The molecule has 0 fully saturated rings. The van der Waals surface area contributed by atoms with Crippen LogP contribution < -0.4 is 0 Å². The van der Waals surface area contributed by atoms with Crippen LogP contribution in [0.3, 0.4) is 0 Å². The molecule has 0 bridgehead atoms. The van der Waals surface area contributed by atoms with Gasteiger partial charge in [0.05, 0.1) is 0 Å².